The fourth-order valence-corrected chi connectivity index (χ4v) is 2.23. The molecule has 1 fully saturated rings. The molecule has 17 heavy (non-hydrogen) atoms. The number of ether oxygens (including phenoxy) is 1. The monoisotopic (exact) mass is 239 g/mol. The van der Waals surface area contributed by atoms with Crippen LogP contribution in [0.15, 0.2) is 10.5 Å². The third-order valence-corrected chi connectivity index (χ3v) is 3.06. The highest BCUT2D eigenvalue weighted by molar-refractivity contribution is 5.74. The number of rotatable bonds is 2. The van der Waals surface area contributed by atoms with E-state index in [-0.39, 0.29) is 12.2 Å². The van der Waals surface area contributed by atoms with E-state index in [0.717, 1.165) is 17.1 Å². The number of furan rings is 1. The Balaban J connectivity index is 2.12. The number of aliphatic carboxylic acids is 1. The summed E-state index contributed by atoms with van der Waals surface area (Å²) in [6.45, 7) is 6.03. The van der Waals surface area contributed by atoms with Gasteiger partial charge in [0.15, 0.2) is 0 Å². The molecule has 5 heteroatoms. The Morgan fingerprint density at radius 2 is 2.24 bits per heavy atom. The van der Waals surface area contributed by atoms with Gasteiger partial charge in [-0.25, -0.2) is 0 Å². The lowest BCUT2D eigenvalue weighted by molar-refractivity contribution is -0.149. The van der Waals surface area contributed by atoms with Gasteiger partial charge < -0.3 is 14.3 Å². The van der Waals surface area contributed by atoms with E-state index in [2.05, 4.69) is 5.32 Å². The van der Waals surface area contributed by atoms with Crippen LogP contribution in [0.4, 0.5) is 0 Å². The molecule has 0 bridgehead atoms. The van der Waals surface area contributed by atoms with Gasteiger partial charge in [-0.15, -0.1) is 0 Å². The molecule has 2 N–H and O–H groups in total. The molecule has 1 aromatic heterocycles. The molecule has 0 amide bonds. The van der Waals surface area contributed by atoms with Crippen LogP contribution in [0.3, 0.4) is 0 Å². The van der Waals surface area contributed by atoms with Crippen LogP contribution < -0.4 is 5.32 Å². The minimum atomic E-state index is -0.879. The number of hydrogen-bond donors (Lipinski definition) is 2. The van der Waals surface area contributed by atoms with Gasteiger partial charge in [0, 0.05) is 12.1 Å². The zero-order chi connectivity index (χ0) is 12.6. The van der Waals surface area contributed by atoms with E-state index < -0.39 is 12.0 Å². The summed E-state index contributed by atoms with van der Waals surface area (Å²) in [5.41, 5.74) is 0.991. The highest BCUT2D eigenvalue weighted by Gasteiger charge is 2.34. The van der Waals surface area contributed by atoms with Gasteiger partial charge >= 0.3 is 5.97 Å². The minimum Gasteiger partial charge on any atom is -0.480 e. The molecule has 0 aromatic carbocycles. The zero-order valence-electron chi connectivity index (χ0n) is 10.2. The molecule has 0 aliphatic carbocycles. The van der Waals surface area contributed by atoms with Crippen molar-refractivity contribution < 1.29 is 19.1 Å². The van der Waals surface area contributed by atoms with Gasteiger partial charge in [0.1, 0.15) is 17.6 Å². The van der Waals surface area contributed by atoms with Crippen LogP contribution >= 0.6 is 0 Å². The summed E-state index contributed by atoms with van der Waals surface area (Å²) in [7, 11) is 0. The summed E-state index contributed by atoms with van der Waals surface area (Å²) in [5.74, 6) is 0.792. The van der Waals surface area contributed by atoms with Crippen molar-refractivity contribution in [2.45, 2.75) is 39.0 Å². The molecular formula is C12H17NO4. The third-order valence-electron chi connectivity index (χ3n) is 3.06. The molecule has 0 spiro atoms. The van der Waals surface area contributed by atoms with Crippen molar-refractivity contribution in [3.8, 4) is 0 Å². The first kappa shape index (κ1) is 12.1. The second-order valence-corrected chi connectivity index (χ2v) is 4.42. The summed E-state index contributed by atoms with van der Waals surface area (Å²) in [4.78, 5) is 10.9. The molecule has 1 saturated heterocycles. The van der Waals surface area contributed by atoms with Crippen LogP contribution in [0.2, 0.25) is 0 Å². The first-order valence-electron chi connectivity index (χ1n) is 5.67. The fourth-order valence-electron chi connectivity index (χ4n) is 2.23. The quantitative estimate of drug-likeness (QED) is 0.816. The Bertz CT molecular complexity index is 426. The Labute approximate surface area is 99.8 Å². The summed E-state index contributed by atoms with van der Waals surface area (Å²) in [5, 5.41) is 12.0. The predicted molar refractivity (Wildman–Crippen MR) is 60.9 cm³/mol. The fraction of sp³-hybridized carbons (Fsp3) is 0.583. The van der Waals surface area contributed by atoms with Crippen molar-refractivity contribution in [2.24, 2.45) is 0 Å². The van der Waals surface area contributed by atoms with Crippen LogP contribution in [-0.2, 0) is 9.53 Å². The molecule has 1 aromatic rings. The van der Waals surface area contributed by atoms with Gasteiger partial charge in [-0.2, -0.15) is 0 Å². The van der Waals surface area contributed by atoms with Crippen molar-refractivity contribution >= 4 is 5.97 Å². The van der Waals surface area contributed by atoms with Crippen LogP contribution in [0, 0.1) is 13.8 Å². The lowest BCUT2D eigenvalue weighted by atomic mass is 10.0. The molecule has 1 aliphatic heterocycles. The maximum Gasteiger partial charge on any atom is 0.323 e. The smallest absolute Gasteiger partial charge is 0.323 e. The number of hydrogen-bond acceptors (Lipinski definition) is 4. The average molecular weight is 239 g/mol. The van der Waals surface area contributed by atoms with Gasteiger partial charge in [0.05, 0.1) is 12.2 Å². The normalized spacial score (nSPS) is 29.2. The lowest BCUT2D eigenvalue weighted by Gasteiger charge is -2.33. The summed E-state index contributed by atoms with van der Waals surface area (Å²) in [6.07, 6.45) is -0.501. The number of nitrogens with one attached hydrogen (secondary N) is 1. The number of carbonyl (C=O) groups is 1. The molecule has 0 radical (unpaired) electrons. The SMILES string of the molecule is Cc1cc(C2CNC(C(=O)O)C(C)O2)c(C)o1. The standard InChI is InChI=1S/C12H17NO4/c1-6-4-9(7(2)16-6)10-5-13-11(12(14)15)8(3)17-10/h4,8,10-11,13H,5H2,1-3H3,(H,14,15). The van der Waals surface area contributed by atoms with E-state index in [4.69, 9.17) is 14.3 Å². The highest BCUT2D eigenvalue weighted by Crippen LogP contribution is 2.28. The van der Waals surface area contributed by atoms with E-state index in [9.17, 15) is 4.79 Å². The van der Waals surface area contributed by atoms with Crippen LogP contribution in [0.25, 0.3) is 0 Å². The third kappa shape index (κ3) is 2.35. The molecule has 2 heterocycles. The molecule has 3 atom stereocenters. The van der Waals surface area contributed by atoms with Crippen LogP contribution in [-0.4, -0.2) is 29.8 Å². The number of carboxylic acid groups (broad SMARTS) is 1. The van der Waals surface area contributed by atoms with Crippen molar-refractivity contribution in [1.82, 2.24) is 5.32 Å². The molecule has 0 saturated carbocycles. The summed E-state index contributed by atoms with van der Waals surface area (Å²) >= 11 is 0. The Morgan fingerprint density at radius 1 is 1.53 bits per heavy atom. The van der Waals surface area contributed by atoms with Crippen LogP contribution in [0.1, 0.15) is 30.1 Å². The van der Waals surface area contributed by atoms with Gasteiger partial charge in [0.2, 0.25) is 0 Å². The number of morpholine rings is 1. The largest absolute Gasteiger partial charge is 0.480 e. The van der Waals surface area contributed by atoms with Crippen molar-refractivity contribution in [3.63, 3.8) is 0 Å². The highest BCUT2D eigenvalue weighted by atomic mass is 16.5. The van der Waals surface area contributed by atoms with Crippen molar-refractivity contribution in [1.29, 1.82) is 0 Å². The van der Waals surface area contributed by atoms with Crippen molar-refractivity contribution in [3.05, 3.63) is 23.2 Å². The van der Waals surface area contributed by atoms with E-state index in [1.54, 1.807) is 6.92 Å². The van der Waals surface area contributed by atoms with Gasteiger partial charge in [0.25, 0.3) is 0 Å². The van der Waals surface area contributed by atoms with E-state index in [1.165, 1.54) is 0 Å². The molecule has 5 nitrogen and oxygen atoms in total. The number of aryl methyl sites for hydroxylation is 2. The van der Waals surface area contributed by atoms with Gasteiger partial charge in [-0.3, -0.25) is 10.1 Å². The zero-order valence-corrected chi connectivity index (χ0v) is 10.2. The maximum atomic E-state index is 10.9. The predicted octanol–water partition coefficient (Wildman–Crippen LogP) is 1.40. The average Bonchev–Trinajstić information content (AvgIpc) is 2.57. The van der Waals surface area contributed by atoms with Gasteiger partial charge in [-0.1, -0.05) is 0 Å². The molecule has 1 aliphatic rings. The second kappa shape index (κ2) is 4.50. The Kier molecular flexibility index (Phi) is 3.22. The van der Waals surface area contributed by atoms with E-state index >= 15 is 0 Å². The molecular weight excluding hydrogens is 222 g/mol. The minimum absolute atomic E-state index is 0.141. The lowest BCUT2D eigenvalue weighted by Crippen LogP contribution is -2.52. The Morgan fingerprint density at radius 3 is 2.71 bits per heavy atom. The Hall–Kier alpha value is -1.33. The van der Waals surface area contributed by atoms with Crippen LogP contribution in [0.5, 0.6) is 0 Å². The molecule has 94 valence electrons. The van der Waals surface area contributed by atoms with E-state index in [1.807, 2.05) is 19.9 Å². The van der Waals surface area contributed by atoms with Crippen molar-refractivity contribution in [2.75, 3.05) is 6.54 Å². The van der Waals surface area contributed by atoms with Gasteiger partial charge in [-0.05, 0) is 26.8 Å². The molecule has 2 rings (SSSR count). The first-order valence-corrected chi connectivity index (χ1v) is 5.67. The maximum absolute atomic E-state index is 10.9. The molecule has 3 unspecified atom stereocenters. The number of carboxylic acids is 1. The topological polar surface area (TPSA) is 71.7 Å². The second-order valence-electron chi connectivity index (χ2n) is 4.42. The van der Waals surface area contributed by atoms with E-state index in [0.29, 0.717) is 6.54 Å². The first-order chi connectivity index (χ1) is 7.99. The summed E-state index contributed by atoms with van der Waals surface area (Å²) < 4.78 is 11.2. The summed E-state index contributed by atoms with van der Waals surface area (Å²) in [6, 6.07) is 1.30.